The lowest BCUT2D eigenvalue weighted by molar-refractivity contribution is -0.690. The molecule has 6 aromatic rings. The minimum atomic E-state index is -7.22. The quantitative estimate of drug-likeness (QED) is 0.0246. The van der Waals surface area contributed by atoms with Gasteiger partial charge < -0.3 is 4.74 Å². The number of aromatic nitrogens is 1. The van der Waals surface area contributed by atoms with Crippen molar-refractivity contribution in [1.29, 1.82) is 0 Å². The third kappa shape index (κ3) is 7.79. The van der Waals surface area contributed by atoms with Crippen LogP contribution in [0, 0.1) is 116 Å². The summed E-state index contributed by atoms with van der Waals surface area (Å²) in [6, 6.07) is 15.4. The Morgan fingerprint density at radius 1 is 0.413 bits per heavy atom. The highest BCUT2D eigenvalue weighted by Crippen LogP contribution is 2.30. The van der Waals surface area contributed by atoms with Crippen molar-refractivity contribution >= 4 is 46.6 Å². The van der Waals surface area contributed by atoms with E-state index in [1.807, 2.05) is 53.2 Å². The van der Waals surface area contributed by atoms with E-state index in [4.69, 9.17) is 4.74 Å². The lowest BCUT2D eigenvalue weighted by atomic mass is 9.12. The van der Waals surface area contributed by atoms with Gasteiger partial charge >= 0.3 is 5.97 Å². The Morgan fingerprint density at radius 2 is 0.683 bits per heavy atom. The maximum atomic E-state index is 15.4. The average Bonchev–Trinajstić information content (AvgIpc) is 3.27. The van der Waals surface area contributed by atoms with Crippen molar-refractivity contribution in [2.75, 3.05) is 5.94 Å². The standard InChI is InChI=1S/C24BF20.C14H13NO2S/c26-5-1(6(27)14(35)21(42)13(5)34)25(2-7(28)15(36)22(43)16(37)8(2)29,3-9(30)17(38)23(44)18(39)10(3)31)4-11(32)19(40)24(45)20(41)12(4)33;16-14(17-11-18)13-8-4-5-9-15(13)10-12-6-2-1-3-7-12/h;1-9H,10-11H2/q-1;/p+1. The van der Waals surface area contributed by atoms with E-state index in [1.165, 1.54) is 0 Å². The third-order valence-corrected chi connectivity index (χ3v) is 9.38. The van der Waals surface area contributed by atoms with E-state index in [9.17, 15) is 57.5 Å². The van der Waals surface area contributed by atoms with E-state index in [1.54, 1.807) is 6.07 Å². The average molecular weight is 939 g/mol. The molecule has 0 saturated carbocycles. The number of esters is 1. The van der Waals surface area contributed by atoms with Crippen LogP contribution in [0.1, 0.15) is 16.1 Å². The van der Waals surface area contributed by atoms with Gasteiger partial charge in [-0.1, -0.05) is 30.3 Å². The number of hydrogen-bond donors (Lipinski definition) is 1. The lowest BCUT2D eigenvalue weighted by Gasteiger charge is -2.44. The molecule has 0 unspecified atom stereocenters. The maximum Gasteiger partial charge on any atom is 0.404 e. The smallest absolute Gasteiger partial charge is 0.404 e. The number of ether oxygens (including phenoxy) is 1. The molecule has 25 heteroatoms. The number of halogens is 20. The van der Waals surface area contributed by atoms with Crippen LogP contribution in [0.3, 0.4) is 0 Å². The summed E-state index contributed by atoms with van der Waals surface area (Å²) in [5, 5.41) is 0. The molecule has 0 N–H and O–H groups in total. The van der Waals surface area contributed by atoms with E-state index in [-0.39, 0.29) is 11.9 Å². The number of pyridine rings is 1. The number of benzene rings is 5. The molecule has 5 aromatic carbocycles. The van der Waals surface area contributed by atoms with Crippen molar-refractivity contribution in [2.45, 2.75) is 6.54 Å². The number of nitrogens with zero attached hydrogens (tertiary/aromatic N) is 1. The van der Waals surface area contributed by atoms with Crippen molar-refractivity contribution in [3.8, 4) is 0 Å². The van der Waals surface area contributed by atoms with Crippen LogP contribution >= 0.6 is 12.6 Å². The van der Waals surface area contributed by atoms with E-state index >= 15 is 35.1 Å². The van der Waals surface area contributed by atoms with Crippen molar-refractivity contribution in [3.05, 3.63) is 182 Å². The summed E-state index contributed by atoms with van der Waals surface area (Å²) in [4.78, 5) is 11.8. The zero-order valence-corrected chi connectivity index (χ0v) is 30.9. The molecule has 0 spiro atoms. The van der Waals surface area contributed by atoms with Crippen LogP contribution < -0.4 is 26.4 Å². The van der Waals surface area contributed by atoms with Crippen LogP contribution in [0.2, 0.25) is 0 Å². The van der Waals surface area contributed by atoms with Crippen molar-refractivity contribution < 1.29 is 102 Å². The number of rotatable bonds is 8. The monoisotopic (exact) mass is 939 g/mol. The fraction of sp³-hybridized carbons (Fsp3) is 0.0526. The molecule has 0 amide bonds. The molecule has 1 heterocycles. The Balaban J connectivity index is 0.000000345. The highest BCUT2D eigenvalue weighted by atomic mass is 32.1. The number of carbonyl (C=O) groups excluding carboxylic acids is 1. The molecule has 1 aromatic heterocycles. The minimum Gasteiger partial charge on any atom is -0.447 e. The first-order chi connectivity index (χ1) is 29.5. The maximum absolute atomic E-state index is 15.4. The number of thiol groups is 1. The molecular formula is C38H14BF20NO2S. The molecule has 0 bridgehead atoms. The van der Waals surface area contributed by atoms with Crippen LogP contribution in [0.15, 0.2) is 54.7 Å². The Kier molecular flexibility index (Phi) is 13.8. The van der Waals surface area contributed by atoms with Crippen molar-refractivity contribution in [1.82, 2.24) is 0 Å². The van der Waals surface area contributed by atoms with Gasteiger partial charge in [-0.25, -0.2) is 92.6 Å². The summed E-state index contributed by atoms with van der Waals surface area (Å²) in [6.45, 7) is 0.638. The van der Waals surface area contributed by atoms with Gasteiger partial charge in [-0.2, -0.15) is 4.57 Å². The van der Waals surface area contributed by atoms with Gasteiger partial charge in [0.25, 0.3) is 5.69 Å². The van der Waals surface area contributed by atoms with Gasteiger partial charge in [0.05, 0.1) is 0 Å². The first kappa shape index (κ1) is 47.8. The lowest BCUT2D eigenvalue weighted by Crippen LogP contribution is -2.81. The number of hydrogen-bond acceptors (Lipinski definition) is 3. The van der Waals surface area contributed by atoms with E-state index in [0.717, 1.165) is 5.56 Å². The first-order valence-corrected chi connectivity index (χ1v) is 17.2. The van der Waals surface area contributed by atoms with Crippen LogP contribution in [0.5, 0.6) is 0 Å². The fourth-order valence-electron chi connectivity index (χ4n) is 6.59. The van der Waals surface area contributed by atoms with Crippen LogP contribution in [0.4, 0.5) is 87.8 Å². The SMILES string of the molecule is Fc1c(F)c(F)c([B-](c2c(F)c(F)c(F)c(F)c2F)(c2c(F)c(F)c(F)c(F)c2F)c2c(F)c(F)c(F)c(F)c2F)c(F)c1F.O=C(OCS)c1cccc[n+]1Cc1ccccc1. The van der Waals surface area contributed by atoms with Crippen LogP contribution in [-0.4, -0.2) is 18.1 Å². The van der Waals surface area contributed by atoms with Crippen molar-refractivity contribution in [3.63, 3.8) is 0 Å². The predicted octanol–water partition coefficient (Wildman–Crippen LogP) is 7.91. The molecule has 0 aliphatic heterocycles. The summed E-state index contributed by atoms with van der Waals surface area (Å²) < 4.78 is 301. The summed E-state index contributed by atoms with van der Waals surface area (Å²) in [5.74, 6) is -71.7. The Bertz CT molecular complexity index is 2430. The minimum absolute atomic E-state index is 0.0824. The summed E-state index contributed by atoms with van der Waals surface area (Å²) in [5.41, 5.74) is -12.7. The van der Waals surface area contributed by atoms with Crippen LogP contribution in [0.25, 0.3) is 0 Å². The normalized spacial score (nSPS) is 11.4. The van der Waals surface area contributed by atoms with Gasteiger partial charge in [0.2, 0.25) is 0 Å². The second kappa shape index (κ2) is 18.2. The highest BCUT2D eigenvalue weighted by Gasteiger charge is 2.52. The molecule has 0 radical (unpaired) electrons. The first-order valence-electron chi connectivity index (χ1n) is 16.5. The van der Waals surface area contributed by atoms with E-state index in [2.05, 4.69) is 12.6 Å². The zero-order valence-electron chi connectivity index (χ0n) is 30.0. The summed E-state index contributed by atoms with van der Waals surface area (Å²) >= 11 is 3.89. The van der Waals surface area contributed by atoms with Gasteiger partial charge in [-0.3, -0.25) is 0 Å². The van der Waals surface area contributed by atoms with Crippen molar-refractivity contribution in [2.24, 2.45) is 0 Å². The molecule has 0 aliphatic carbocycles. The fourth-order valence-corrected chi connectivity index (χ4v) is 6.70. The molecule has 63 heavy (non-hydrogen) atoms. The van der Waals surface area contributed by atoms with Gasteiger partial charge in [-0.05, 0) is 6.07 Å². The number of carbonyl (C=O) groups is 1. The molecule has 3 nitrogen and oxygen atoms in total. The molecule has 332 valence electrons. The Morgan fingerprint density at radius 3 is 0.968 bits per heavy atom. The largest absolute Gasteiger partial charge is 0.447 e. The highest BCUT2D eigenvalue weighted by molar-refractivity contribution is 7.80. The third-order valence-electron chi connectivity index (χ3n) is 9.25. The Hall–Kier alpha value is -6.27. The molecular weight excluding hydrogens is 925 g/mol. The zero-order chi connectivity index (χ0) is 47.2. The molecule has 6 rings (SSSR count). The second-order valence-electron chi connectivity index (χ2n) is 12.6. The molecule has 0 fully saturated rings. The van der Waals surface area contributed by atoms with Gasteiger partial charge in [0.15, 0.2) is 82.5 Å². The van der Waals surface area contributed by atoms with E-state index in [0.29, 0.717) is 12.2 Å². The van der Waals surface area contributed by atoms with Crippen LogP contribution in [-0.2, 0) is 11.3 Å². The molecule has 0 saturated heterocycles. The summed E-state index contributed by atoms with van der Waals surface area (Å²) in [6.07, 6.45) is -5.35. The molecule has 0 atom stereocenters. The Labute approximate surface area is 343 Å². The predicted molar refractivity (Wildman–Crippen MR) is 181 cm³/mol. The van der Waals surface area contributed by atoms with Gasteiger partial charge in [0, 0.05) is 17.7 Å². The summed E-state index contributed by atoms with van der Waals surface area (Å²) in [7, 11) is 0. The van der Waals surface area contributed by atoms with Gasteiger partial charge in [0.1, 0.15) is 58.6 Å². The topological polar surface area (TPSA) is 30.2 Å². The molecule has 0 aliphatic rings. The second-order valence-corrected chi connectivity index (χ2v) is 12.8. The van der Waals surface area contributed by atoms with E-state index < -0.39 is 144 Å². The van der Waals surface area contributed by atoms with Gasteiger partial charge in [-0.15, -0.1) is 34.5 Å².